The molecule has 0 spiro atoms. The van der Waals surface area contributed by atoms with Crippen LogP contribution in [0.5, 0.6) is 0 Å². The molecule has 0 aliphatic rings. The number of aromatic nitrogens is 2. The van der Waals surface area contributed by atoms with Crippen molar-refractivity contribution in [1.82, 2.24) is 15.5 Å². The minimum absolute atomic E-state index is 0.000526. The van der Waals surface area contributed by atoms with E-state index in [0.29, 0.717) is 19.4 Å². The van der Waals surface area contributed by atoms with Gasteiger partial charge in [0.2, 0.25) is 11.8 Å². The molecule has 0 aliphatic carbocycles. The summed E-state index contributed by atoms with van der Waals surface area (Å²) < 4.78 is 0. The lowest BCUT2D eigenvalue weighted by Gasteiger charge is -2.17. The van der Waals surface area contributed by atoms with Crippen LogP contribution in [0, 0.1) is 19.3 Å². The van der Waals surface area contributed by atoms with Gasteiger partial charge in [-0.1, -0.05) is 20.8 Å². The topological polar surface area (TPSA) is 86.9 Å². The van der Waals surface area contributed by atoms with Crippen LogP contribution in [-0.2, 0) is 9.59 Å². The van der Waals surface area contributed by atoms with Gasteiger partial charge in [0.25, 0.3) is 0 Å². The highest BCUT2D eigenvalue weighted by molar-refractivity contribution is 5.91. The maximum Gasteiger partial charge on any atom is 0.225 e. The van der Waals surface area contributed by atoms with E-state index in [-0.39, 0.29) is 11.8 Å². The second-order valence-electron chi connectivity index (χ2n) is 5.97. The van der Waals surface area contributed by atoms with Crippen LogP contribution in [0.1, 0.15) is 45.0 Å². The summed E-state index contributed by atoms with van der Waals surface area (Å²) in [6.45, 7) is 9.78. The van der Waals surface area contributed by atoms with Gasteiger partial charge in [0.1, 0.15) is 0 Å². The van der Waals surface area contributed by atoms with Gasteiger partial charge in [0.15, 0.2) is 0 Å². The molecular formula is C14H24N4O2. The number of carbonyl (C=O) groups is 2. The van der Waals surface area contributed by atoms with E-state index in [9.17, 15) is 9.59 Å². The molecule has 6 heteroatoms. The lowest BCUT2D eigenvalue weighted by atomic mass is 9.96. The van der Waals surface area contributed by atoms with Gasteiger partial charge in [-0.3, -0.25) is 14.7 Å². The molecule has 0 atom stereocenters. The molecule has 1 heterocycles. The Labute approximate surface area is 119 Å². The van der Waals surface area contributed by atoms with Crippen LogP contribution in [0.4, 0.5) is 5.69 Å². The molecule has 1 aromatic rings. The molecule has 0 bridgehead atoms. The maximum atomic E-state index is 11.8. The number of amides is 2. The Bertz CT molecular complexity index is 466. The van der Waals surface area contributed by atoms with Crippen molar-refractivity contribution < 1.29 is 9.59 Å². The van der Waals surface area contributed by atoms with Gasteiger partial charge in [-0.2, -0.15) is 5.10 Å². The molecule has 1 rings (SSSR count). The van der Waals surface area contributed by atoms with Crippen LogP contribution in [0.3, 0.4) is 0 Å². The molecular weight excluding hydrogens is 256 g/mol. The second-order valence-corrected chi connectivity index (χ2v) is 5.97. The predicted molar refractivity (Wildman–Crippen MR) is 78.4 cm³/mol. The highest BCUT2D eigenvalue weighted by Crippen LogP contribution is 2.16. The third kappa shape index (κ3) is 4.68. The molecule has 0 saturated heterocycles. The number of H-pyrrole nitrogens is 1. The summed E-state index contributed by atoms with van der Waals surface area (Å²) in [7, 11) is 0. The SMILES string of the molecule is Cc1n[nH]c(C)c1NC(=O)CCCNC(=O)C(C)(C)C. The number of rotatable bonds is 5. The first-order valence-corrected chi connectivity index (χ1v) is 6.81. The molecule has 112 valence electrons. The Morgan fingerprint density at radius 3 is 2.40 bits per heavy atom. The Kier molecular flexibility index (Phi) is 5.30. The summed E-state index contributed by atoms with van der Waals surface area (Å²) in [5.41, 5.74) is 1.97. The number of nitrogens with one attached hydrogen (secondary N) is 3. The lowest BCUT2D eigenvalue weighted by Crippen LogP contribution is -2.35. The molecule has 0 unspecified atom stereocenters. The highest BCUT2D eigenvalue weighted by atomic mass is 16.2. The Balaban J connectivity index is 2.30. The van der Waals surface area contributed by atoms with Crippen molar-refractivity contribution in [1.29, 1.82) is 0 Å². The van der Waals surface area contributed by atoms with Crippen LogP contribution in [-0.4, -0.2) is 28.6 Å². The number of carbonyl (C=O) groups excluding carboxylic acids is 2. The van der Waals surface area contributed by atoms with E-state index in [0.717, 1.165) is 17.1 Å². The molecule has 20 heavy (non-hydrogen) atoms. The van der Waals surface area contributed by atoms with Crippen molar-refractivity contribution in [3.63, 3.8) is 0 Å². The number of hydrogen-bond donors (Lipinski definition) is 3. The monoisotopic (exact) mass is 280 g/mol. The van der Waals surface area contributed by atoms with Gasteiger partial charge >= 0.3 is 0 Å². The van der Waals surface area contributed by atoms with E-state index in [1.54, 1.807) is 0 Å². The number of aromatic amines is 1. The fourth-order valence-electron chi connectivity index (χ4n) is 1.65. The Morgan fingerprint density at radius 2 is 1.90 bits per heavy atom. The van der Waals surface area contributed by atoms with Crippen molar-refractivity contribution in [3.05, 3.63) is 11.4 Å². The minimum Gasteiger partial charge on any atom is -0.356 e. The first-order valence-electron chi connectivity index (χ1n) is 6.81. The van der Waals surface area contributed by atoms with E-state index in [1.807, 2.05) is 34.6 Å². The molecule has 0 radical (unpaired) electrons. The van der Waals surface area contributed by atoms with E-state index in [2.05, 4.69) is 20.8 Å². The molecule has 2 amide bonds. The first-order chi connectivity index (χ1) is 9.21. The van der Waals surface area contributed by atoms with E-state index < -0.39 is 5.41 Å². The van der Waals surface area contributed by atoms with Gasteiger partial charge in [-0.25, -0.2) is 0 Å². The highest BCUT2D eigenvalue weighted by Gasteiger charge is 2.20. The third-order valence-electron chi connectivity index (χ3n) is 2.94. The summed E-state index contributed by atoms with van der Waals surface area (Å²) in [6.07, 6.45) is 0.984. The second kappa shape index (κ2) is 6.54. The first kappa shape index (κ1) is 16.2. The van der Waals surface area contributed by atoms with E-state index in [1.165, 1.54) is 0 Å². The summed E-state index contributed by atoms with van der Waals surface area (Å²) >= 11 is 0. The molecule has 1 aromatic heterocycles. The van der Waals surface area contributed by atoms with Crippen molar-refractivity contribution in [2.75, 3.05) is 11.9 Å². The Morgan fingerprint density at radius 1 is 1.25 bits per heavy atom. The average molecular weight is 280 g/mol. The van der Waals surface area contributed by atoms with Crippen LogP contribution in [0.25, 0.3) is 0 Å². The molecule has 0 aliphatic heterocycles. The third-order valence-corrected chi connectivity index (χ3v) is 2.94. The largest absolute Gasteiger partial charge is 0.356 e. The zero-order valence-electron chi connectivity index (χ0n) is 12.9. The molecule has 0 fully saturated rings. The van der Waals surface area contributed by atoms with Crippen LogP contribution >= 0.6 is 0 Å². The predicted octanol–water partition coefficient (Wildman–Crippen LogP) is 1.91. The normalized spacial score (nSPS) is 11.2. The summed E-state index contributed by atoms with van der Waals surface area (Å²) in [5.74, 6) is -0.0676. The average Bonchev–Trinajstić information content (AvgIpc) is 2.65. The van der Waals surface area contributed by atoms with Gasteiger partial charge in [-0.15, -0.1) is 0 Å². The van der Waals surface area contributed by atoms with Gasteiger partial charge in [0, 0.05) is 18.4 Å². The summed E-state index contributed by atoms with van der Waals surface area (Å²) in [4.78, 5) is 23.4. The van der Waals surface area contributed by atoms with Crippen molar-refractivity contribution in [2.45, 2.75) is 47.5 Å². The van der Waals surface area contributed by atoms with Crippen molar-refractivity contribution in [3.8, 4) is 0 Å². The fourth-order valence-corrected chi connectivity index (χ4v) is 1.65. The summed E-state index contributed by atoms with van der Waals surface area (Å²) in [5, 5.41) is 12.5. The smallest absolute Gasteiger partial charge is 0.225 e. The molecule has 0 aromatic carbocycles. The number of anilines is 1. The zero-order chi connectivity index (χ0) is 15.3. The molecule has 3 N–H and O–H groups in total. The van der Waals surface area contributed by atoms with Gasteiger partial charge < -0.3 is 10.6 Å². The zero-order valence-corrected chi connectivity index (χ0v) is 12.9. The van der Waals surface area contributed by atoms with Crippen LogP contribution in [0.15, 0.2) is 0 Å². The standard InChI is InChI=1S/C14H24N4O2/c1-9-12(10(2)18-17-9)16-11(19)7-6-8-15-13(20)14(3,4)5/h6-8H2,1-5H3,(H,15,20)(H,16,19)(H,17,18). The van der Waals surface area contributed by atoms with Gasteiger partial charge in [0.05, 0.1) is 17.1 Å². The van der Waals surface area contributed by atoms with Crippen molar-refractivity contribution in [2.24, 2.45) is 5.41 Å². The van der Waals surface area contributed by atoms with Crippen LogP contribution < -0.4 is 10.6 Å². The molecule has 0 saturated carbocycles. The number of hydrogen-bond acceptors (Lipinski definition) is 3. The minimum atomic E-state index is -0.396. The lowest BCUT2D eigenvalue weighted by molar-refractivity contribution is -0.128. The van der Waals surface area contributed by atoms with Crippen molar-refractivity contribution >= 4 is 17.5 Å². The molecule has 6 nitrogen and oxygen atoms in total. The maximum absolute atomic E-state index is 11.8. The number of nitrogens with zero attached hydrogens (tertiary/aromatic N) is 1. The quantitative estimate of drug-likeness (QED) is 0.720. The Hall–Kier alpha value is -1.85. The fraction of sp³-hybridized carbons (Fsp3) is 0.643. The summed E-state index contributed by atoms with van der Waals surface area (Å²) in [6, 6.07) is 0. The van der Waals surface area contributed by atoms with E-state index in [4.69, 9.17) is 0 Å². The number of aryl methyl sites for hydroxylation is 2. The van der Waals surface area contributed by atoms with Gasteiger partial charge in [-0.05, 0) is 20.3 Å². The van der Waals surface area contributed by atoms with E-state index >= 15 is 0 Å². The van der Waals surface area contributed by atoms with Crippen LogP contribution in [0.2, 0.25) is 0 Å².